The number of hydrogen-bond acceptors (Lipinski definition) is 4. The van der Waals surface area contributed by atoms with E-state index in [0.29, 0.717) is 10.4 Å². The van der Waals surface area contributed by atoms with Gasteiger partial charge in [0.15, 0.2) is 15.3 Å². The molecule has 0 aliphatic rings. The zero-order valence-corrected chi connectivity index (χ0v) is 8.45. The lowest BCUT2D eigenvalue weighted by molar-refractivity contribution is 0.602. The number of nitrogens with zero attached hydrogens (tertiary/aromatic N) is 1. The van der Waals surface area contributed by atoms with E-state index in [1.54, 1.807) is 18.2 Å². The molecular formula is C8H6NO2S2. The Morgan fingerprint density at radius 3 is 2.92 bits per heavy atom. The highest BCUT2D eigenvalue weighted by molar-refractivity contribution is 7.90. The van der Waals surface area contributed by atoms with Gasteiger partial charge in [-0.15, -0.1) is 11.3 Å². The molecule has 1 aromatic heterocycles. The van der Waals surface area contributed by atoms with Crippen molar-refractivity contribution in [3.63, 3.8) is 0 Å². The molecule has 0 fully saturated rings. The minimum absolute atomic E-state index is 0.305. The highest BCUT2D eigenvalue weighted by Crippen LogP contribution is 2.20. The van der Waals surface area contributed by atoms with E-state index in [-0.39, 0.29) is 0 Å². The van der Waals surface area contributed by atoms with Crippen LogP contribution in [0.2, 0.25) is 0 Å². The van der Waals surface area contributed by atoms with Gasteiger partial charge in [-0.3, -0.25) is 0 Å². The fraction of sp³-hybridized carbons (Fsp3) is 0.125. The van der Waals surface area contributed by atoms with E-state index in [1.165, 1.54) is 17.6 Å². The molecular weight excluding hydrogens is 206 g/mol. The molecule has 3 nitrogen and oxygen atoms in total. The van der Waals surface area contributed by atoms with Crippen LogP contribution in [0.4, 0.5) is 0 Å². The van der Waals surface area contributed by atoms with E-state index in [4.69, 9.17) is 0 Å². The van der Waals surface area contributed by atoms with Crippen molar-refractivity contribution in [2.75, 3.05) is 6.26 Å². The minimum Gasteiger partial charge on any atom is -0.233 e. The summed E-state index contributed by atoms with van der Waals surface area (Å²) in [6.45, 7) is 0. The smallest absolute Gasteiger partial charge is 0.175 e. The van der Waals surface area contributed by atoms with Crippen molar-refractivity contribution in [3.05, 3.63) is 23.7 Å². The molecule has 0 saturated carbocycles. The molecule has 13 heavy (non-hydrogen) atoms. The van der Waals surface area contributed by atoms with E-state index >= 15 is 0 Å². The molecule has 5 heteroatoms. The van der Waals surface area contributed by atoms with Crippen molar-refractivity contribution in [2.45, 2.75) is 4.90 Å². The highest BCUT2D eigenvalue weighted by atomic mass is 32.2. The van der Waals surface area contributed by atoms with Gasteiger partial charge in [-0.2, -0.15) is 0 Å². The average molecular weight is 212 g/mol. The van der Waals surface area contributed by atoms with Crippen molar-refractivity contribution >= 4 is 31.4 Å². The fourth-order valence-corrected chi connectivity index (χ4v) is 2.25. The molecule has 1 aromatic carbocycles. The van der Waals surface area contributed by atoms with Gasteiger partial charge < -0.3 is 0 Å². The summed E-state index contributed by atoms with van der Waals surface area (Å²) in [4.78, 5) is 4.23. The summed E-state index contributed by atoms with van der Waals surface area (Å²) in [6, 6.07) is 4.90. The predicted molar refractivity (Wildman–Crippen MR) is 51.6 cm³/mol. The second-order valence-corrected chi connectivity index (χ2v) is 5.55. The molecule has 2 aromatic rings. The van der Waals surface area contributed by atoms with Crippen LogP contribution in [-0.4, -0.2) is 19.7 Å². The Kier molecular flexibility index (Phi) is 1.85. The molecule has 0 amide bonds. The normalized spacial score (nSPS) is 12.1. The summed E-state index contributed by atoms with van der Waals surface area (Å²) in [6.07, 6.45) is 1.18. The molecule has 0 atom stereocenters. The van der Waals surface area contributed by atoms with Crippen LogP contribution < -0.4 is 0 Å². The lowest BCUT2D eigenvalue weighted by Crippen LogP contribution is -1.95. The van der Waals surface area contributed by atoms with E-state index in [1.807, 2.05) is 0 Å². The van der Waals surface area contributed by atoms with E-state index in [0.717, 1.165) is 4.70 Å². The monoisotopic (exact) mass is 212 g/mol. The molecule has 0 spiro atoms. The van der Waals surface area contributed by atoms with Gasteiger partial charge in [0.25, 0.3) is 0 Å². The maximum atomic E-state index is 11.2. The van der Waals surface area contributed by atoms with Gasteiger partial charge in [0.1, 0.15) is 0 Å². The third-order valence-corrected chi connectivity index (χ3v) is 3.54. The van der Waals surface area contributed by atoms with Crippen LogP contribution in [0.5, 0.6) is 0 Å². The van der Waals surface area contributed by atoms with Crippen LogP contribution >= 0.6 is 11.3 Å². The zero-order chi connectivity index (χ0) is 9.47. The topological polar surface area (TPSA) is 47.0 Å². The van der Waals surface area contributed by atoms with Gasteiger partial charge in [-0.05, 0) is 18.2 Å². The summed E-state index contributed by atoms with van der Waals surface area (Å²) in [5.41, 5.74) is 3.40. The molecule has 1 heterocycles. The van der Waals surface area contributed by atoms with E-state index in [2.05, 4.69) is 10.5 Å². The fourth-order valence-electron chi connectivity index (χ4n) is 1.02. The van der Waals surface area contributed by atoms with Crippen LogP contribution in [0.1, 0.15) is 0 Å². The first-order valence-corrected chi connectivity index (χ1v) is 6.25. The minimum atomic E-state index is -3.12. The SMILES string of the molecule is CS(=O)(=O)c1ccc2s[c]nc2c1. The molecule has 67 valence electrons. The number of fused-ring (bicyclic) bond motifs is 1. The van der Waals surface area contributed by atoms with E-state index in [9.17, 15) is 8.42 Å². The first kappa shape index (κ1) is 8.65. The Hall–Kier alpha value is -0.940. The molecule has 1 radical (unpaired) electrons. The maximum absolute atomic E-state index is 11.2. The van der Waals surface area contributed by atoms with Crippen molar-refractivity contribution < 1.29 is 8.42 Å². The molecule has 0 bridgehead atoms. The molecule has 0 unspecified atom stereocenters. The number of benzene rings is 1. The van der Waals surface area contributed by atoms with Crippen LogP contribution in [0.3, 0.4) is 0 Å². The lowest BCUT2D eigenvalue weighted by atomic mass is 10.3. The summed E-state index contributed by atoms with van der Waals surface area (Å²) >= 11 is 1.38. The Balaban J connectivity index is 2.75. The Morgan fingerprint density at radius 2 is 2.23 bits per heavy atom. The largest absolute Gasteiger partial charge is 0.233 e. The Morgan fingerprint density at radius 1 is 1.46 bits per heavy atom. The van der Waals surface area contributed by atoms with Crippen molar-refractivity contribution in [1.82, 2.24) is 4.98 Å². The number of sulfone groups is 1. The third kappa shape index (κ3) is 1.57. The summed E-state index contributed by atoms with van der Waals surface area (Å²) in [7, 11) is -3.12. The zero-order valence-electron chi connectivity index (χ0n) is 6.81. The Bertz CT molecular complexity index is 542. The number of rotatable bonds is 1. The van der Waals surface area contributed by atoms with E-state index < -0.39 is 9.84 Å². The Labute approximate surface area is 80.0 Å². The standard InChI is InChI=1S/C8H6NO2S2/c1-13(10,11)6-2-3-8-7(4-6)9-5-12-8/h2-4H,1H3. The van der Waals surface area contributed by atoms with Gasteiger partial charge in [0, 0.05) is 6.26 Å². The molecule has 2 rings (SSSR count). The highest BCUT2D eigenvalue weighted by Gasteiger charge is 2.08. The van der Waals surface area contributed by atoms with Crippen LogP contribution in [0.25, 0.3) is 10.2 Å². The summed E-state index contributed by atoms with van der Waals surface area (Å²) < 4.78 is 23.3. The molecule has 0 aliphatic heterocycles. The quantitative estimate of drug-likeness (QED) is 0.719. The van der Waals surface area contributed by atoms with Crippen LogP contribution in [-0.2, 0) is 9.84 Å². The van der Waals surface area contributed by atoms with Crippen molar-refractivity contribution in [2.24, 2.45) is 0 Å². The first-order valence-electron chi connectivity index (χ1n) is 3.54. The molecule has 0 saturated heterocycles. The number of aromatic nitrogens is 1. The van der Waals surface area contributed by atoms with Crippen LogP contribution in [0.15, 0.2) is 23.1 Å². The van der Waals surface area contributed by atoms with Crippen LogP contribution in [0, 0.1) is 5.51 Å². The number of thiazole rings is 1. The predicted octanol–water partition coefficient (Wildman–Crippen LogP) is 1.50. The van der Waals surface area contributed by atoms with Crippen molar-refractivity contribution in [1.29, 1.82) is 0 Å². The average Bonchev–Trinajstić information content (AvgIpc) is 2.47. The second kappa shape index (κ2) is 2.78. The maximum Gasteiger partial charge on any atom is 0.175 e. The molecule has 0 aliphatic carbocycles. The first-order chi connectivity index (χ1) is 6.07. The van der Waals surface area contributed by atoms with Gasteiger partial charge in [-0.25, -0.2) is 13.4 Å². The number of hydrogen-bond donors (Lipinski definition) is 0. The van der Waals surface area contributed by atoms with Gasteiger partial charge in [0.05, 0.1) is 15.1 Å². The van der Waals surface area contributed by atoms with Gasteiger partial charge in [0.2, 0.25) is 0 Å². The lowest BCUT2D eigenvalue weighted by Gasteiger charge is -1.96. The second-order valence-electron chi connectivity index (χ2n) is 2.71. The van der Waals surface area contributed by atoms with Gasteiger partial charge >= 0.3 is 0 Å². The summed E-state index contributed by atoms with van der Waals surface area (Å²) in [5.74, 6) is 0. The third-order valence-electron chi connectivity index (χ3n) is 1.68. The molecule has 0 N–H and O–H groups in total. The van der Waals surface area contributed by atoms with Crippen molar-refractivity contribution in [3.8, 4) is 0 Å². The van der Waals surface area contributed by atoms with Gasteiger partial charge in [-0.1, -0.05) is 0 Å². The summed E-state index contributed by atoms with van der Waals surface area (Å²) in [5, 5.41) is 0.